The molecule has 9 heavy (non-hydrogen) atoms. The van der Waals surface area contributed by atoms with E-state index >= 15 is 0 Å². The number of hydrogen-bond acceptors (Lipinski definition) is 1. The molecule has 1 aliphatic rings. The highest BCUT2D eigenvalue weighted by Crippen LogP contribution is 2.38. The van der Waals surface area contributed by atoms with Gasteiger partial charge in [0.2, 0.25) is 0 Å². The summed E-state index contributed by atoms with van der Waals surface area (Å²) in [6.45, 7) is 0. The van der Waals surface area contributed by atoms with Crippen LogP contribution < -0.4 is 0 Å². The Balaban J connectivity index is 2.28. The smallest absolute Gasteiger partial charge is 0.0960 e. The van der Waals surface area contributed by atoms with E-state index in [1.54, 1.807) is 0 Å². The van der Waals surface area contributed by atoms with E-state index in [0.717, 1.165) is 9.62 Å². The van der Waals surface area contributed by atoms with E-state index in [2.05, 4.69) is 38.9 Å². The molecule has 2 rings (SSSR count). The van der Waals surface area contributed by atoms with Gasteiger partial charge in [-0.2, -0.15) is 5.10 Å². The summed E-state index contributed by atoms with van der Waals surface area (Å²) < 4.78 is 1.15. The van der Waals surface area contributed by atoms with E-state index in [4.69, 9.17) is 0 Å². The summed E-state index contributed by atoms with van der Waals surface area (Å²) in [5.41, 5.74) is 1.25. The first kappa shape index (κ1) is 5.70. The molecule has 1 aliphatic carbocycles. The number of aromatic nitrogens is 2. The van der Waals surface area contributed by atoms with Gasteiger partial charge in [-0.3, -0.25) is 5.10 Å². The van der Waals surface area contributed by atoms with Crippen molar-refractivity contribution in [3.63, 3.8) is 0 Å². The Bertz CT molecular complexity index is 215. The van der Waals surface area contributed by atoms with Crippen molar-refractivity contribution in [1.82, 2.24) is 10.2 Å². The Morgan fingerprint density at radius 2 is 2.44 bits per heavy atom. The van der Waals surface area contributed by atoms with E-state index in [0.29, 0.717) is 0 Å². The van der Waals surface area contributed by atoms with Crippen LogP contribution in [-0.4, -0.2) is 10.2 Å². The summed E-state index contributed by atoms with van der Waals surface area (Å²) in [4.78, 5) is 0. The monoisotopic (exact) mass is 234 g/mol. The molecule has 0 atom stereocenters. The molecular formula is C6H7IN2. The zero-order chi connectivity index (χ0) is 6.27. The maximum Gasteiger partial charge on any atom is 0.0960 e. The lowest BCUT2D eigenvalue weighted by molar-refractivity contribution is 0.959. The molecule has 0 unspecified atom stereocenters. The molecule has 0 radical (unpaired) electrons. The van der Waals surface area contributed by atoms with Gasteiger partial charge in [0.1, 0.15) is 0 Å². The van der Waals surface area contributed by atoms with Crippen LogP contribution in [0.4, 0.5) is 0 Å². The largest absolute Gasteiger partial charge is 0.272 e. The van der Waals surface area contributed by atoms with Crippen LogP contribution in [0, 0.1) is 3.70 Å². The molecule has 1 saturated carbocycles. The third-order valence-corrected chi connectivity index (χ3v) is 2.11. The minimum Gasteiger partial charge on any atom is -0.272 e. The van der Waals surface area contributed by atoms with E-state index in [1.807, 2.05) is 0 Å². The van der Waals surface area contributed by atoms with Gasteiger partial charge in [-0.1, -0.05) is 0 Å². The predicted octanol–water partition coefficient (Wildman–Crippen LogP) is 1.89. The van der Waals surface area contributed by atoms with Gasteiger partial charge in [0.15, 0.2) is 0 Å². The zero-order valence-electron chi connectivity index (χ0n) is 4.89. The highest BCUT2D eigenvalue weighted by molar-refractivity contribution is 14.1. The molecule has 0 spiro atoms. The van der Waals surface area contributed by atoms with Crippen LogP contribution in [0.5, 0.6) is 0 Å². The Morgan fingerprint density at radius 1 is 1.67 bits per heavy atom. The van der Waals surface area contributed by atoms with E-state index < -0.39 is 0 Å². The summed E-state index contributed by atoms with van der Waals surface area (Å²) in [6.07, 6.45) is 2.67. The van der Waals surface area contributed by atoms with Crippen molar-refractivity contribution in [3.05, 3.63) is 15.5 Å². The quantitative estimate of drug-likeness (QED) is 0.738. The molecule has 0 saturated heterocycles. The highest BCUT2D eigenvalue weighted by Gasteiger charge is 2.25. The second kappa shape index (κ2) is 1.97. The van der Waals surface area contributed by atoms with Crippen molar-refractivity contribution in [3.8, 4) is 0 Å². The van der Waals surface area contributed by atoms with E-state index in [9.17, 15) is 0 Å². The lowest BCUT2D eigenvalue weighted by Gasteiger charge is -1.80. The van der Waals surface area contributed by atoms with Crippen LogP contribution in [0.3, 0.4) is 0 Å². The Hall–Kier alpha value is -0.0600. The van der Waals surface area contributed by atoms with Crippen LogP contribution in [-0.2, 0) is 0 Å². The molecule has 1 fully saturated rings. The molecule has 1 aromatic heterocycles. The second-order valence-corrected chi connectivity index (χ2v) is 3.58. The first-order chi connectivity index (χ1) is 4.36. The summed E-state index contributed by atoms with van der Waals surface area (Å²) in [5, 5.41) is 7.07. The summed E-state index contributed by atoms with van der Waals surface area (Å²) in [5.74, 6) is 0.782. The molecule has 48 valence electrons. The molecule has 1 aromatic rings. The van der Waals surface area contributed by atoms with Crippen molar-refractivity contribution < 1.29 is 0 Å². The predicted molar refractivity (Wildman–Crippen MR) is 43.3 cm³/mol. The van der Waals surface area contributed by atoms with Gasteiger partial charge in [0.05, 0.1) is 9.39 Å². The fourth-order valence-corrected chi connectivity index (χ4v) is 1.34. The zero-order valence-corrected chi connectivity index (χ0v) is 7.05. The number of nitrogens with one attached hydrogen (secondary N) is 1. The normalized spacial score (nSPS) is 18.3. The molecule has 0 aliphatic heterocycles. The van der Waals surface area contributed by atoms with Gasteiger partial charge in [-0.25, -0.2) is 0 Å². The molecule has 3 heteroatoms. The summed E-state index contributed by atoms with van der Waals surface area (Å²) in [7, 11) is 0. The molecule has 1 heterocycles. The third-order valence-electron chi connectivity index (χ3n) is 1.56. The van der Waals surface area contributed by atoms with Gasteiger partial charge in [0.25, 0.3) is 0 Å². The van der Waals surface area contributed by atoms with Crippen LogP contribution in [0.15, 0.2) is 6.07 Å². The van der Waals surface area contributed by atoms with Gasteiger partial charge >= 0.3 is 0 Å². The van der Waals surface area contributed by atoms with Crippen LogP contribution in [0.25, 0.3) is 0 Å². The van der Waals surface area contributed by atoms with Crippen molar-refractivity contribution in [2.75, 3.05) is 0 Å². The van der Waals surface area contributed by atoms with Crippen LogP contribution >= 0.6 is 22.6 Å². The molecule has 2 nitrogen and oxygen atoms in total. The number of aromatic amines is 1. The van der Waals surface area contributed by atoms with Gasteiger partial charge in [-0.05, 0) is 41.5 Å². The number of halogens is 1. The highest BCUT2D eigenvalue weighted by atomic mass is 127. The number of nitrogens with zero attached hydrogens (tertiary/aromatic N) is 1. The lowest BCUT2D eigenvalue weighted by atomic mass is 10.3. The van der Waals surface area contributed by atoms with Crippen molar-refractivity contribution in [2.45, 2.75) is 18.8 Å². The standard InChI is InChI=1S/C6H7IN2/c7-6-3-5(8-9-6)4-1-2-4/h3-4H,1-2H2,(H,8,9). The minimum absolute atomic E-state index is 0.782. The van der Waals surface area contributed by atoms with Crippen molar-refractivity contribution >= 4 is 22.6 Å². The maximum absolute atomic E-state index is 4.15. The van der Waals surface area contributed by atoms with Crippen molar-refractivity contribution in [1.29, 1.82) is 0 Å². The average molecular weight is 234 g/mol. The maximum atomic E-state index is 4.15. The fourth-order valence-electron chi connectivity index (χ4n) is 0.901. The number of hydrogen-bond donors (Lipinski definition) is 1. The molecule has 1 N–H and O–H groups in total. The Kier molecular flexibility index (Phi) is 1.25. The molecular weight excluding hydrogens is 227 g/mol. The van der Waals surface area contributed by atoms with Crippen molar-refractivity contribution in [2.24, 2.45) is 0 Å². The average Bonchev–Trinajstić information content (AvgIpc) is 2.58. The van der Waals surface area contributed by atoms with Gasteiger partial charge < -0.3 is 0 Å². The number of rotatable bonds is 1. The Labute approximate surface area is 67.2 Å². The minimum atomic E-state index is 0.782. The first-order valence-electron chi connectivity index (χ1n) is 3.07. The second-order valence-electron chi connectivity index (χ2n) is 2.42. The fraction of sp³-hybridized carbons (Fsp3) is 0.500. The van der Waals surface area contributed by atoms with E-state index in [1.165, 1.54) is 18.5 Å². The third kappa shape index (κ3) is 1.10. The summed E-state index contributed by atoms with van der Waals surface area (Å²) in [6, 6.07) is 2.12. The molecule has 0 bridgehead atoms. The Morgan fingerprint density at radius 3 is 2.89 bits per heavy atom. The first-order valence-corrected chi connectivity index (χ1v) is 4.15. The van der Waals surface area contributed by atoms with Crippen LogP contribution in [0.1, 0.15) is 24.5 Å². The lowest BCUT2D eigenvalue weighted by Crippen LogP contribution is -1.75. The number of H-pyrrole nitrogens is 1. The molecule has 0 amide bonds. The topological polar surface area (TPSA) is 28.7 Å². The SMILES string of the molecule is Ic1cc(C2CC2)n[nH]1. The summed E-state index contributed by atoms with van der Waals surface area (Å²) >= 11 is 2.24. The van der Waals surface area contributed by atoms with Crippen LogP contribution in [0.2, 0.25) is 0 Å². The van der Waals surface area contributed by atoms with Gasteiger partial charge in [0, 0.05) is 5.92 Å². The van der Waals surface area contributed by atoms with E-state index in [-0.39, 0.29) is 0 Å². The van der Waals surface area contributed by atoms with Gasteiger partial charge in [-0.15, -0.1) is 0 Å². The molecule has 0 aromatic carbocycles.